The zero-order valence-corrected chi connectivity index (χ0v) is 17.0. The molecule has 9 heteroatoms. The van der Waals surface area contributed by atoms with Gasteiger partial charge in [-0.05, 0) is 31.0 Å². The SMILES string of the molecule is Cc1sc(NC(=O)c2cc(C(C)C)c3nncn3n2)nc1-c1cccc(Cl)c1. The normalized spacial score (nSPS) is 11.3. The lowest BCUT2D eigenvalue weighted by molar-refractivity contribution is 0.102. The van der Waals surface area contributed by atoms with Crippen LogP contribution in [-0.2, 0) is 0 Å². The lowest BCUT2D eigenvalue weighted by atomic mass is 10.0. The summed E-state index contributed by atoms with van der Waals surface area (Å²) < 4.78 is 1.52. The van der Waals surface area contributed by atoms with Crippen molar-refractivity contribution in [1.82, 2.24) is 24.8 Å². The summed E-state index contributed by atoms with van der Waals surface area (Å²) >= 11 is 7.49. The molecule has 0 atom stereocenters. The number of nitrogens with one attached hydrogen (secondary N) is 1. The molecule has 0 radical (unpaired) electrons. The topological polar surface area (TPSA) is 85.1 Å². The van der Waals surface area contributed by atoms with Crippen molar-refractivity contribution in [3.63, 3.8) is 0 Å². The van der Waals surface area contributed by atoms with Gasteiger partial charge in [0.05, 0.1) is 5.69 Å². The van der Waals surface area contributed by atoms with Gasteiger partial charge in [-0.2, -0.15) is 9.61 Å². The minimum Gasteiger partial charge on any atom is -0.296 e. The third-order valence-electron chi connectivity index (χ3n) is 4.27. The average molecular weight is 413 g/mol. The predicted octanol–water partition coefficient (Wildman–Crippen LogP) is 4.59. The molecular formula is C19H17ClN6OS. The third-order valence-corrected chi connectivity index (χ3v) is 5.39. The molecule has 1 amide bonds. The average Bonchev–Trinajstić information content (AvgIpc) is 3.26. The lowest BCUT2D eigenvalue weighted by Gasteiger charge is -2.08. The van der Waals surface area contributed by atoms with Crippen molar-refractivity contribution in [3.05, 3.63) is 57.8 Å². The van der Waals surface area contributed by atoms with Crippen LogP contribution >= 0.6 is 22.9 Å². The Hall–Kier alpha value is -2.84. The second-order valence-corrected chi connectivity index (χ2v) is 8.27. The van der Waals surface area contributed by atoms with Gasteiger partial charge < -0.3 is 0 Å². The second kappa shape index (κ2) is 7.29. The largest absolute Gasteiger partial charge is 0.296 e. The van der Waals surface area contributed by atoms with Crippen LogP contribution < -0.4 is 5.32 Å². The van der Waals surface area contributed by atoms with Crippen LogP contribution in [0.1, 0.15) is 40.7 Å². The van der Waals surface area contributed by atoms with E-state index >= 15 is 0 Å². The van der Waals surface area contributed by atoms with Gasteiger partial charge in [0, 0.05) is 21.0 Å². The minimum absolute atomic E-state index is 0.179. The van der Waals surface area contributed by atoms with Crippen molar-refractivity contribution >= 4 is 39.6 Å². The summed E-state index contributed by atoms with van der Waals surface area (Å²) in [7, 11) is 0. The summed E-state index contributed by atoms with van der Waals surface area (Å²) in [6.45, 7) is 6.03. The molecule has 1 N–H and O–H groups in total. The Morgan fingerprint density at radius 2 is 2.11 bits per heavy atom. The van der Waals surface area contributed by atoms with Crippen LogP contribution in [-0.4, -0.2) is 30.7 Å². The maximum absolute atomic E-state index is 12.8. The number of fused-ring (bicyclic) bond motifs is 1. The van der Waals surface area contributed by atoms with Crippen LogP contribution in [0.3, 0.4) is 0 Å². The molecule has 0 aliphatic carbocycles. The number of carbonyl (C=O) groups excluding carboxylic acids is 1. The Morgan fingerprint density at radius 1 is 1.29 bits per heavy atom. The number of aryl methyl sites for hydroxylation is 1. The number of amides is 1. The molecule has 28 heavy (non-hydrogen) atoms. The first-order valence-corrected chi connectivity index (χ1v) is 9.87. The van der Waals surface area contributed by atoms with Crippen LogP contribution in [0.25, 0.3) is 16.9 Å². The molecule has 142 valence electrons. The minimum atomic E-state index is -0.330. The Kier molecular flexibility index (Phi) is 4.82. The van der Waals surface area contributed by atoms with E-state index in [9.17, 15) is 4.79 Å². The first-order chi connectivity index (χ1) is 13.4. The molecule has 3 heterocycles. The molecule has 0 unspecified atom stereocenters. The molecule has 0 saturated heterocycles. The van der Waals surface area contributed by atoms with Gasteiger partial charge in [-0.25, -0.2) is 4.98 Å². The Morgan fingerprint density at radius 3 is 2.86 bits per heavy atom. The molecule has 0 saturated carbocycles. The standard InChI is InChI=1S/C19H17ClN6OS/c1-10(2)14-8-15(25-26-9-21-24-17(14)26)18(27)23-19-22-16(11(3)28-19)12-5-4-6-13(20)7-12/h4-10H,1-3H3,(H,22,23,27). The van der Waals surface area contributed by atoms with E-state index in [1.165, 1.54) is 22.2 Å². The van der Waals surface area contributed by atoms with Crippen molar-refractivity contribution in [3.8, 4) is 11.3 Å². The maximum atomic E-state index is 12.8. The number of carbonyl (C=O) groups is 1. The Bertz CT molecular complexity index is 1180. The van der Waals surface area contributed by atoms with Crippen molar-refractivity contribution in [2.24, 2.45) is 0 Å². The lowest BCUT2D eigenvalue weighted by Crippen LogP contribution is -2.16. The highest BCUT2D eigenvalue weighted by Crippen LogP contribution is 2.31. The smallest absolute Gasteiger partial charge is 0.277 e. The van der Waals surface area contributed by atoms with Gasteiger partial charge in [0.2, 0.25) is 0 Å². The molecule has 4 aromatic rings. The second-order valence-electron chi connectivity index (χ2n) is 6.63. The molecule has 0 spiro atoms. The quantitative estimate of drug-likeness (QED) is 0.530. The molecule has 0 bridgehead atoms. The monoisotopic (exact) mass is 412 g/mol. The van der Waals surface area contributed by atoms with E-state index < -0.39 is 0 Å². The molecule has 0 aliphatic rings. The first-order valence-electron chi connectivity index (χ1n) is 8.68. The fourth-order valence-corrected chi connectivity index (χ4v) is 3.92. The molecule has 7 nitrogen and oxygen atoms in total. The number of hydrogen-bond acceptors (Lipinski definition) is 6. The number of anilines is 1. The van der Waals surface area contributed by atoms with Gasteiger partial charge in [-0.1, -0.05) is 37.6 Å². The fourth-order valence-electron chi connectivity index (χ4n) is 2.90. The molecule has 0 fully saturated rings. The first kappa shape index (κ1) is 18.5. The summed E-state index contributed by atoms with van der Waals surface area (Å²) in [5.41, 5.74) is 3.56. The highest BCUT2D eigenvalue weighted by Gasteiger charge is 2.18. The van der Waals surface area contributed by atoms with E-state index in [2.05, 4.69) is 25.6 Å². The molecule has 0 aliphatic heterocycles. The summed E-state index contributed by atoms with van der Waals surface area (Å²) in [6, 6.07) is 9.24. The number of halogens is 1. The summed E-state index contributed by atoms with van der Waals surface area (Å²) in [6.07, 6.45) is 1.49. The van der Waals surface area contributed by atoms with E-state index in [1.54, 1.807) is 6.07 Å². The molecule has 1 aromatic carbocycles. The summed E-state index contributed by atoms with van der Waals surface area (Å²) in [5, 5.41) is 16.3. The number of hydrogen-bond donors (Lipinski definition) is 1. The third kappa shape index (κ3) is 3.48. The van der Waals surface area contributed by atoms with Gasteiger partial charge in [0.25, 0.3) is 5.91 Å². The van der Waals surface area contributed by atoms with E-state index in [0.29, 0.717) is 15.8 Å². The van der Waals surface area contributed by atoms with Crippen molar-refractivity contribution in [1.29, 1.82) is 0 Å². The van der Waals surface area contributed by atoms with Gasteiger partial charge in [-0.15, -0.1) is 21.5 Å². The van der Waals surface area contributed by atoms with Gasteiger partial charge in [0.1, 0.15) is 12.0 Å². The van der Waals surface area contributed by atoms with Crippen LogP contribution in [0, 0.1) is 6.92 Å². The van der Waals surface area contributed by atoms with Gasteiger partial charge >= 0.3 is 0 Å². The van der Waals surface area contributed by atoms with Crippen molar-refractivity contribution in [2.75, 3.05) is 5.32 Å². The van der Waals surface area contributed by atoms with E-state index in [1.807, 2.05) is 45.0 Å². The Balaban J connectivity index is 1.64. The number of thiazole rings is 1. The molecular weight excluding hydrogens is 396 g/mol. The van der Waals surface area contributed by atoms with Crippen LogP contribution in [0.5, 0.6) is 0 Å². The Labute approximate surface area is 170 Å². The van der Waals surface area contributed by atoms with E-state index in [-0.39, 0.29) is 17.5 Å². The highest BCUT2D eigenvalue weighted by molar-refractivity contribution is 7.16. The van der Waals surface area contributed by atoms with Crippen molar-refractivity contribution in [2.45, 2.75) is 26.7 Å². The van der Waals surface area contributed by atoms with Crippen LogP contribution in [0.4, 0.5) is 5.13 Å². The maximum Gasteiger partial charge on any atom is 0.277 e. The van der Waals surface area contributed by atoms with Gasteiger partial charge in [0.15, 0.2) is 10.8 Å². The number of aromatic nitrogens is 5. The zero-order valence-electron chi connectivity index (χ0n) is 15.5. The van der Waals surface area contributed by atoms with Gasteiger partial charge in [-0.3, -0.25) is 10.1 Å². The zero-order chi connectivity index (χ0) is 19.8. The summed E-state index contributed by atoms with van der Waals surface area (Å²) in [4.78, 5) is 18.3. The molecule has 4 rings (SSSR count). The predicted molar refractivity (Wildman–Crippen MR) is 110 cm³/mol. The fraction of sp³-hybridized carbons (Fsp3) is 0.211. The van der Waals surface area contributed by atoms with Crippen LogP contribution in [0.2, 0.25) is 5.02 Å². The number of rotatable bonds is 4. The summed E-state index contributed by atoms with van der Waals surface area (Å²) in [5.74, 6) is -0.151. The van der Waals surface area contributed by atoms with E-state index in [0.717, 1.165) is 21.7 Å². The number of nitrogens with zero attached hydrogens (tertiary/aromatic N) is 5. The molecule has 3 aromatic heterocycles. The highest BCUT2D eigenvalue weighted by atomic mass is 35.5. The van der Waals surface area contributed by atoms with Crippen molar-refractivity contribution < 1.29 is 4.79 Å². The van der Waals surface area contributed by atoms with Crippen LogP contribution in [0.15, 0.2) is 36.7 Å². The van der Waals surface area contributed by atoms with E-state index in [4.69, 9.17) is 11.6 Å². The number of benzene rings is 1.